The summed E-state index contributed by atoms with van der Waals surface area (Å²) in [6, 6.07) is 2.99. The molecule has 2 rings (SSSR count). The van der Waals surface area contributed by atoms with Gasteiger partial charge in [0.1, 0.15) is 0 Å². The molecule has 86 valence electrons. The van der Waals surface area contributed by atoms with E-state index in [0.29, 0.717) is 10.6 Å². The summed E-state index contributed by atoms with van der Waals surface area (Å²) in [5, 5.41) is 11.4. The van der Waals surface area contributed by atoms with Gasteiger partial charge in [-0.1, -0.05) is 11.6 Å². The van der Waals surface area contributed by atoms with E-state index in [2.05, 4.69) is 0 Å². The molecule has 0 aromatic heterocycles. The van der Waals surface area contributed by atoms with Gasteiger partial charge in [-0.25, -0.2) is 0 Å². The number of aryl methyl sites for hydroxylation is 1. The van der Waals surface area contributed by atoms with Crippen molar-refractivity contribution in [1.29, 1.82) is 0 Å². The molecule has 0 N–H and O–H groups in total. The SMILES string of the molecule is Cc1cc([N+](=O)[O-])c(OC2CCC2)cc1Cl. The van der Waals surface area contributed by atoms with Crippen molar-refractivity contribution < 1.29 is 9.66 Å². The molecule has 0 amide bonds. The van der Waals surface area contributed by atoms with Crippen LogP contribution >= 0.6 is 11.6 Å². The summed E-state index contributed by atoms with van der Waals surface area (Å²) in [6.07, 6.45) is 3.15. The van der Waals surface area contributed by atoms with Crippen LogP contribution < -0.4 is 4.74 Å². The molecule has 5 heteroatoms. The second-order valence-electron chi connectivity index (χ2n) is 4.00. The van der Waals surface area contributed by atoms with Crippen molar-refractivity contribution in [3.63, 3.8) is 0 Å². The van der Waals surface area contributed by atoms with Gasteiger partial charge in [-0.15, -0.1) is 0 Å². The smallest absolute Gasteiger partial charge is 0.311 e. The molecule has 0 bridgehead atoms. The van der Waals surface area contributed by atoms with Gasteiger partial charge >= 0.3 is 5.69 Å². The minimum Gasteiger partial charge on any atom is -0.483 e. The zero-order chi connectivity index (χ0) is 11.7. The molecule has 0 heterocycles. The van der Waals surface area contributed by atoms with Gasteiger partial charge < -0.3 is 4.74 Å². The van der Waals surface area contributed by atoms with Crippen molar-refractivity contribution in [1.82, 2.24) is 0 Å². The number of nitro benzene ring substituents is 1. The molecule has 4 nitrogen and oxygen atoms in total. The lowest BCUT2D eigenvalue weighted by atomic mass is 9.96. The highest BCUT2D eigenvalue weighted by Crippen LogP contribution is 2.35. The van der Waals surface area contributed by atoms with Crippen molar-refractivity contribution in [2.24, 2.45) is 0 Å². The second kappa shape index (κ2) is 4.29. The number of rotatable bonds is 3. The molecule has 0 saturated heterocycles. The van der Waals surface area contributed by atoms with Gasteiger partial charge in [0, 0.05) is 17.2 Å². The monoisotopic (exact) mass is 241 g/mol. The third-order valence-corrected chi connectivity index (χ3v) is 3.19. The van der Waals surface area contributed by atoms with E-state index in [1.807, 2.05) is 0 Å². The lowest BCUT2D eigenvalue weighted by Gasteiger charge is -2.26. The van der Waals surface area contributed by atoms with E-state index in [1.165, 1.54) is 12.1 Å². The van der Waals surface area contributed by atoms with Gasteiger partial charge in [-0.05, 0) is 31.7 Å². The van der Waals surface area contributed by atoms with Crippen LogP contribution in [0.3, 0.4) is 0 Å². The molecule has 1 aliphatic carbocycles. The van der Waals surface area contributed by atoms with Gasteiger partial charge in [0.15, 0.2) is 5.75 Å². The fraction of sp³-hybridized carbons (Fsp3) is 0.455. The number of ether oxygens (including phenoxy) is 1. The number of halogens is 1. The van der Waals surface area contributed by atoms with Gasteiger partial charge in [0.05, 0.1) is 11.0 Å². The maximum absolute atomic E-state index is 10.9. The summed E-state index contributed by atoms with van der Waals surface area (Å²) >= 11 is 5.93. The molecule has 1 saturated carbocycles. The first-order chi connectivity index (χ1) is 7.58. The Balaban J connectivity index is 2.32. The number of nitro groups is 1. The van der Waals surface area contributed by atoms with Crippen LogP contribution in [0.25, 0.3) is 0 Å². The van der Waals surface area contributed by atoms with Crippen molar-refractivity contribution >= 4 is 17.3 Å². The minimum atomic E-state index is -0.433. The number of benzene rings is 1. The van der Waals surface area contributed by atoms with Crippen molar-refractivity contribution in [2.75, 3.05) is 0 Å². The minimum absolute atomic E-state index is 0.00574. The van der Waals surface area contributed by atoms with Gasteiger partial charge in [0.25, 0.3) is 0 Å². The first kappa shape index (κ1) is 11.2. The highest BCUT2D eigenvalue weighted by atomic mass is 35.5. The Labute approximate surface area is 98.3 Å². The molecule has 0 radical (unpaired) electrons. The van der Waals surface area contributed by atoms with E-state index in [-0.39, 0.29) is 17.5 Å². The number of hydrogen-bond donors (Lipinski definition) is 0. The Morgan fingerprint density at radius 2 is 2.19 bits per heavy atom. The number of hydrogen-bond acceptors (Lipinski definition) is 3. The van der Waals surface area contributed by atoms with Crippen LogP contribution in [0.15, 0.2) is 12.1 Å². The summed E-state index contributed by atoms with van der Waals surface area (Å²) < 4.78 is 5.55. The Hall–Kier alpha value is -1.29. The van der Waals surface area contributed by atoms with Crippen LogP contribution in [-0.2, 0) is 0 Å². The third-order valence-electron chi connectivity index (χ3n) is 2.78. The largest absolute Gasteiger partial charge is 0.483 e. The zero-order valence-corrected chi connectivity index (χ0v) is 9.66. The van der Waals surface area contributed by atoms with Crippen molar-refractivity contribution in [3.05, 3.63) is 32.8 Å². The average Bonchev–Trinajstić information content (AvgIpc) is 2.16. The Morgan fingerprint density at radius 3 is 2.69 bits per heavy atom. The molecule has 1 aromatic carbocycles. The van der Waals surface area contributed by atoms with Crippen molar-refractivity contribution in [3.8, 4) is 5.75 Å². The number of nitrogens with zero attached hydrogens (tertiary/aromatic N) is 1. The molecule has 0 unspecified atom stereocenters. The van der Waals surface area contributed by atoms with E-state index in [9.17, 15) is 10.1 Å². The van der Waals surface area contributed by atoms with Crippen LogP contribution in [0.4, 0.5) is 5.69 Å². The third kappa shape index (κ3) is 2.11. The van der Waals surface area contributed by atoms with E-state index in [1.54, 1.807) is 6.92 Å². The quantitative estimate of drug-likeness (QED) is 0.601. The predicted molar refractivity (Wildman–Crippen MR) is 61.1 cm³/mol. The summed E-state index contributed by atoms with van der Waals surface area (Å²) in [5.74, 6) is 0.283. The van der Waals surface area contributed by atoms with E-state index < -0.39 is 4.92 Å². The first-order valence-electron chi connectivity index (χ1n) is 5.19. The highest BCUT2D eigenvalue weighted by Gasteiger charge is 2.24. The maximum Gasteiger partial charge on any atom is 0.311 e. The molecule has 0 spiro atoms. The lowest BCUT2D eigenvalue weighted by Crippen LogP contribution is -2.24. The Morgan fingerprint density at radius 1 is 1.50 bits per heavy atom. The Kier molecular flexibility index (Phi) is 3.01. The first-order valence-corrected chi connectivity index (χ1v) is 5.57. The van der Waals surface area contributed by atoms with E-state index in [4.69, 9.17) is 16.3 Å². The second-order valence-corrected chi connectivity index (χ2v) is 4.40. The zero-order valence-electron chi connectivity index (χ0n) is 8.90. The van der Waals surface area contributed by atoms with Gasteiger partial charge in [-0.3, -0.25) is 10.1 Å². The van der Waals surface area contributed by atoms with Gasteiger partial charge in [-0.2, -0.15) is 0 Å². The summed E-state index contributed by atoms with van der Waals surface area (Å²) in [5.41, 5.74) is 0.683. The average molecular weight is 242 g/mol. The molecular weight excluding hydrogens is 230 g/mol. The molecule has 16 heavy (non-hydrogen) atoms. The van der Waals surface area contributed by atoms with E-state index >= 15 is 0 Å². The summed E-state index contributed by atoms with van der Waals surface area (Å²) in [4.78, 5) is 10.4. The Bertz CT molecular complexity index is 429. The molecule has 0 aliphatic heterocycles. The highest BCUT2D eigenvalue weighted by molar-refractivity contribution is 6.31. The molecular formula is C11H12ClNO3. The van der Waals surface area contributed by atoms with Crippen LogP contribution in [0.5, 0.6) is 5.75 Å². The molecule has 1 aliphatic rings. The summed E-state index contributed by atoms with van der Waals surface area (Å²) in [7, 11) is 0. The fourth-order valence-corrected chi connectivity index (χ4v) is 1.71. The maximum atomic E-state index is 10.9. The standard InChI is InChI=1S/C11H12ClNO3/c1-7-5-10(13(14)15)11(6-9(7)12)16-8-3-2-4-8/h5-6,8H,2-4H2,1H3. The van der Waals surface area contributed by atoms with E-state index in [0.717, 1.165) is 19.3 Å². The van der Waals surface area contributed by atoms with Crippen LogP contribution in [0.2, 0.25) is 5.02 Å². The lowest BCUT2D eigenvalue weighted by molar-refractivity contribution is -0.386. The topological polar surface area (TPSA) is 52.4 Å². The molecule has 1 fully saturated rings. The normalized spacial score (nSPS) is 15.6. The van der Waals surface area contributed by atoms with Crippen molar-refractivity contribution in [2.45, 2.75) is 32.3 Å². The fourth-order valence-electron chi connectivity index (χ4n) is 1.55. The van der Waals surface area contributed by atoms with Crippen LogP contribution in [0.1, 0.15) is 24.8 Å². The van der Waals surface area contributed by atoms with Crippen LogP contribution in [0, 0.1) is 17.0 Å². The molecule has 0 atom stereocenters. The van der Waals surface area contributed by atoms with Gasteiger partial charge in [0.2, 0.25) is 0 Å². The van der Waals surface area contributed by atoms with Crippen LogP contribution in [-0.4, -0.2) is 11.0 Å². The summed E-state index contributed by atoms with van der Waals surface area (Å²) in [6.45, 7) is 1.74. The predicted octanol–water partition coefficient (Wildman–Crippen LogP) is 3.49. The molecule has 1 aromatic rings.